The third-order valence-corrected chi connectivity index (χ3v) is 0. The second kappa shape index (κ2) is 9.37. The van der Waals surface area contributed by atoms with Crippen LogP contribution in [-0.2, 0) is 0 Å². The summed E-state index contributed by atoms with van der Waals surface area (Å²) in [6, 6.07) is 0. The molecule has 0 saturated carbocycles. The molecule has 0 heterocycles. The fourth-order valence-corrected chi connectivity index (χ4v) is 0. The van der Waals surface area contributed by atoms with Gasteiger partial charge in [-0.2, -0.15) is 0 Å². The van der Waals surface area contributed by atoms with Gasteiger partial charge in [0.2, 0.25) is 0 Å². The van der Waals surface area contributed by atoms with Crippen molar-refractivity contribution in [1.29, 1.82) is 0 Å². The van der Waals surface area contributed by atoms with Crippen LogP contribution in [0.1, 0.15) is 2.85 Å². The van der Waals surface area contributed by atoms with E-state index in [9.17, 15) is 12.9 Å². The topological polar surface area (TPSA) is 0 Å². The second-order valence-corrected chi connectivity index (χ2v) is 0.247. The summed E-state index contributed by atoms with van der Waals surface area (Å²) in [7, 11) is -3.67. The monoisotopic (exact) mass is 108 g/mol. The van der Waals surface area contributed by atoms with Gasteiger partial charge in [0.15, 0.2) is 17.4 Å². The first-order valence-electron chi connectivity index (χ1n) is 0.655. The van der Waals surface area contributed by atoms with Crippen molar-refractivity contribution < 1.29 is 34.7 Å². The Kier molecular flexibility index (Phi) is 24.6. The molecule has 34 valence electrons. The summed E-state index contributed by atoms with van der Waals surface area (Å²) >= 11 is 0. The standard InChI is InChI=1S/Al.BF3.Li.H2.4H/c;2-1(3)4;;;;;;/h;;;1H;;;;/q;;+1;;;;;-1. The molecule has 0 radical (unpaired) electrons. The van der Waals surface area contributed by atoms with Gasteiger partial charge >= 0.3 is 26.4 Å². The van der Waals surface area contributed by atoms with Crippen LogP contribution in [0.2, 0.25) is 0 Å². The zero-order chi connectivity index (χ0) is 3.58. The summed E-state index contributed by atoms with van der Waals surface area (Å²) in [5.41, 5.74) is 0. The summed E-state index contributed by atoms with van der Waals surface area (Å²) in [6.45, 7) is 0. The van der Waals surface area contributed by atoms with Crippen molar-refractivity contribution in [3.63, 3.8) is 0 Å². The Labute approximate surface area is 60.0 Å². The van der Waals surface area contributed by atoms with Crippen LogP contribution in [0.25, 0.3) is 0 Å². The number of halogens is 3. The predicted molar refractivity (Wildman–Crippen MR) is 22.2 cm³/mol. The molecule has 0 nitrogen and oxygen atoms in total. The van der Waals surface area contributed by atoms with Gasteiger partial charge in [-0.15, -0.1) is 0 Å². The van der Waals surface area contributed by atoms with Crippen LogP contribution in [0.15, 0.2) is 0 Å². The van der Waals surface area contributed by atoms with Gasteiger partial charge in [-0.05, 0) is 0 Å². The number of hydrogen-bond acceptors (Lipinski definition) is 0. The molecule has 0 atom stereocenters. The van der Waals surface area contributed by atoms with E-state index >= 15 is 0 Å². The molecule has 0 aliphatic heterocycles. The molecule has 0 aliphatic carbocycles. The molecular formula is H6AlBF3Li. The third-order valence-electron chi connectivity index (χ3n) is 0. The van der Waals surface area contributed by atoms with Gasteiger partial charge in [-0.3, -0.25) is 12.9 Å². The quantitative estimate of drug-likeness (QED) is 0.291. The van der Waals surface area contributed by atoms with E-state index in [1.54, 1.807) is 0 Å². The normalized spacial score (nSPS) is 4.50. The SMILES string of the molecule is FB(F)F.[AlH3].[H-].[HH].[Li+]. The molecule has 0 aromatic rings. The van der Waals surface area contributed by atoms with Crippen LogP contribution in [0.3, 0.4) is 0 Å². The van der Waals surface area contributed by atoms with Crippen LogP contribution < -0.4 is 18.9 Å². The molecule has 0 rings (SSSR count). The molecule has 6 heavy (non-hydrogen) atoms. The van der Waals surface area contributed by atoms with E-state index in [1.807, 2.05) is 0 Å². The van der Waals surface area contributed by atoms with Crippen molar-refractivity contribution in [3.8, 4) is 0 Å². The second-order valence-electron chi connectivity index (χ2n) is 0.247. The Morgan fingerprint density at radius 3 is 1.33 bits per heavy atom. The average Bonchev–Trinajstić information content (AvgIpc) is 0.811. The van der Waals surface area contributed by atoms with Crippen molar-refractivity contribution in [3.05, 3.63) is 0 Å². The Bertz CT molecular complexity index is 22.0. The molecule has 6 heteroatoms. The van der Waals surface area contributed by atoms with Crippen LogP contribution in [0.5, 0.6) is 0 Å². The maximum atomic E-state index is 9.67. The fourth-order valence-electron chi connectivity index (χ4n) is 0. The van der Waals surface area contributed by atoms with Crippen molar-refractivity contribution in [1.82, 2.24) is 0 Å². The molecule has 0 saturated heterocycles. The van der Waals surface area contributed by atoms with Gasteiger partial charge in [-0.1, -0.05) is 0 Å². The summed E-state index contributed by atoms with van der Waals surface area (Å²) in [6.07, 6.45) is 0. The maximum Gasteiger partial charge on any atom is 1.00 e. The van der Waals surface area contributed by atoms with Crippen LogP contribution in [-0.4, -0.2) is 24.9 Å². The van der Waals surface area contributed by atoms with E-state index in [4.69, 9.17) is 0 Å². The molecule has 0 N–H and O–H groups in total. The van der Waals surface area contributed by atoms with E-state index < -0.39 is 7.54 Å². The van der Waals surface area contributed by atoms with Gasteiger partial charge < -0.3 is 1.43 Å². The average molecular weight is 108 g/mol. The zero-order valence-corrected chi connectivity index (χ0v) is 2.71. The first-order valence-corrected chi connectivity index (χ1v) is 0.655. The third kappa shape index (κ3) is 81.6. The van der Waals surface area contributed by atoms with Crippen LogP contribution in [0, 0.1) is 0 Å². The van der Waals surface area contributed by atoms with Gasteiger partial charge in [0.1, 0.15) is 0 Å². The number of rotatable bonds is 0. The molecule has 0 aliphatic rings. The van der Waals surface area contributed by atoms with Gasteiger partial charge in [-0.25, -0.2) is 0 Å². The molecule has 0 unspecified atom stereocenters. The van der Waals surface area contributed by atoms with Gasteiger partial charge in [0, 0.05) is 1.43 Å². The van der Waals surface area contributed by atoms with Crippen molar-refractivity contribution in [2.24, 2.45) is 0 Å². The molecular weight excluding hydrogens is 102 g/mol. The summed E-state index contributed by atoms with van der Waals surface area (Å²) in [5.74, 6) is 0. The molecule has 0 amide bonds. The van der Waals surface area contributed by atoms with Crippen molar-refractivity contribution in [2.45, 2.75) is 0 Å². The van der Waals surface area contributed by atoms with Crippen molar-refractivity contribution >= 4 is 24.9 Å². The Balaban J connectivity index is -0.00000000750. The first-order chi connectivity index (χ1) is 1.73. The molecule has 0 bridgehead atoms. The van der Waals surface area contributed by atoms with E-state index in [0.29, 0.717) is 0 Å². The largest absolute Gasteiger partial charge is 1.00 e. The van der Waals surface area contributed by atoms with Crippen molar-refractivity contribution in [2.75, 3.05) is 0 Å². The molecule has 0 aromatic heterocycles. The van der Waals surface area contributed by atoms with E-state index in [2.05, 4.69) is 0 Å². The van der Waals surface area contributed by atoms with Crippen LogP contribution in [0.4, 0.5) is 12.9 Å². The summed E-state index contributed by atoms with van der Waals surface area (Å²) < 4.78 is 29.0. The number of hydrogen-bond donors (Lipinski definition) is 0. The molecule has 0 aromatic carbocycles. The Morgan fingerprint density at radius 2 is 1.33 bits per heavy atom. The smallest absolute Gasteiger partial charge is 1.00 e. The Morgan fingerprint density at radius 1 is 1.33 bits per heavy atom. The van der Waals surface area contributed by atoms with E-state index in [0.717, 1.165) is 0 Å². The Hall–Kier alpha value is 0.985. The van der Waals surface area contributed by atoms with Crippen LogP contribution >= 0.6 is 0 Å². The predicted octanol–water partition coefficient (Wildman–Crippen LogP) is -2.94. The van der Waals surface area contributed by atoms with Gasteiger partial charge in [0.25, 0.3) is 0 Å². The zero-order valence-electron chi connectivity index (χ0n) is 3.71. The minimum Gasteiger partial charge on any atom is -1.00 e. The summed E-state index contributed by atoms with van der Waals surface area (Å²) in [5, 5.41) is 0. The molecule has 0 spiro atoms. The fraction of sp³-hybridized carbons (Fsp3) is 0. The minimum atomic E-state index is -3.67. The minimum absolute atomic E-state index is 0. The molecule has 0 fully saturated rings. The van der Waals surface area contributed by atoms with E-state index in [-0.39, 0.29) is 39.1 Å². The van der Waals surface area contributed by atoms with E-state index in [1.165, 1.54) is 0 Å². The van der Waals surface area contributed by atoms with Gasteiger partial charge in [0.05, 0.1) is 0 Å². The summed E-state index contributed by atoms with van der Waals surface area (Å²) in [4.78, 5) is 0. The maximum absolute atomic E-state index is 9.67. The first kappa shape index (κ1) is 15.8.